The van der Waals surface area contributed by atoms with E-state index < -0.39 is 0 Å². The minimum absolute atomic E-state index is 0.0458. The Morgan fingerprint density at radius 1 is 0.333 bits per heavy atom. The summed E-state index contributed by atoms with van der Waals surface area (Å²) in [6, 6.07) is 0. The van der Waals surface area contributed by atoms with E-state index in [4.69, 9.17) is 18.9 Å². The minimum atomic E-state index is 0.0458. The van der Waals surface area contributed by atoms with E-state index in [0.29, 0.717) is 102 Å². The molecule has 0 aliphatic rings. The summed E-state index contributed by atoms with van der Waals surface area (Å²) in [5, 5.41) is 12.5. The van der Waals surface area contributed by atoms with Gasteiger partial charge in [-0.25, -0.2) is 0 Å². The van der Waals surface area contributed by atoms with Crippen LogP contribution in [0.3, 0.4) is 0 Å². The second kappa shape index (κ2) is 66.5. The Balaban J connectivity index is 5.26. The van der Waals surface area contributed by atoms with Crippen LogP contribution in [0.25, 0.3) is 0 Å². The highest BCUT2D eigenvalue weighted by Crippen LogP contribution is 2.17. The van der Waals surface area contributed by atoms with Gasteiger partial charge in [-0.05, 0) is 95.4 Å². The monoisotopic (exact) mass is 1310 g/mol. The van der Waals surface area contributed by atoms with Crippen molar-refractivity contribution in [2.75, 3.05) is 184 Å². The predicted octanol–water partition coefficient (Wildman–Crippen LogP) is 12.6. The van der Waals surface area contributed by atoms with E-state index in [9.17, 15) is 19.2 Å². The van der Waals surface area contributed by atoms with Gasteiger partial charge in [-0.3, -0.25) is 19.2 Å². The van der Waals surface area contributed by atoms with Crippen molar-refractivity contribution in [2.45, 2.75) is 203 Å². The summed E-state index contributed by atoms with van der Waals surface area (Å²) < 4.78 is 23.9. The molecule has 0 aromatic rings. The molecular weight excluding hydrogens is 1170 g/mol. The highest BCUT2D eigenvalue weighted by molar-refractivity contribution is 7.99. The number of nitrogens with zero attached hydrogens (tertiary/aromatic N) is 3. The van der Waals surface area contributed by atoms with Crippen molar-refractivity contribution >= 4 is 70.7 Å². The van der Waals surface area contributed by atoms with Crippen molar-refractivity contribution in [2.24, 2.45) is 23.7 Å². The van der Waals surface area contributed by atoms with Gasteiger partial charge in [0.05, 0.1) is 26.4 Å². The average Bonchev–Trinajstić information content (AvgIpc) is 3.55. The zero-order valence-electron chi connectivity index (χ0n) is 57.6. The van der Waals surface area contributed by atoms with E-state index in [-0.39, 0.29) is 23.6 Å². The SMILES string of the molecule is CCCCCC(CC)COCCSCCNC(=O)CCN(CCCN(C)CCCN(CCC(=O)NCCSCCOCC(CC)CCCC)CCC(=O)NCCSCCOCC(CC)CCCC)CCC(=O)NCCSCCOCC(CC)CCCC. The summed E-state index contributed by atoms with van der Waals surface area (Å²) in [5.41, 5.74) is 0. The van der Waals surface area contributed by atoms with Gasteiger partial charge in [0, 0.05) is 150 Å². The van der Waals surface area contributed by atoms with Crippen LogP contribution in [-0.2, 0) is 38.1 Å². The molecule has 4 atom stereocenters. The van der Waals surface area contributed by atoms with E-state index >= 15 is 0 Å². The molecule has 0 heterocycles. The highest BCUT2D eigenvalue weighted by atomic mass is 32.2. The van der Waals surface area contributed by atoms with Crippen LogP contribution >= 0.6 is 47.0 Å². The van der Waals surface area contributed by atoms with Crippen LogP contribution < -0.4 is 21.3 Å². The van der Waals surface area contributed by atoms with Gasteiger partial charge in [-0.15, -0.1) is 0 Å². The second-order valence-corrected chi connectivity index (χ2v) is 28.8. The van der Waals surface area contributed by atoms with Crippen LogP contribution in [0, 0.1) is 23.7 Å². The maximum absolute atomic E-state index is 13.1. The molecule has 0 aliphatic carbocycles. The molecule has 0 saturated heterocycles. The zero-order chi connectivity index (χ0) is 63.9. The zero-order valence-corrected chi connectivity index (χ0v) is 60.9. The molecule has 4 unspecified atom stereocenters. The van der Waals surface area contributed by atoms with Crippen molar-refractivity contribution in [3.63, 3.8) is 0 Å². The number of amides is 4. The smallest absolute Gasteiger partial charge is 0.221 e. The lowest BCUT2D eigenvalue weighted by atomic mass is 10.00. The highest BCUT2D eigenvalue weighted by Gasteiger charge is 2.16. The van der Waals surface area contributed by atoms with Crippen molar-refractivity contribution in [3.8, 4) is 0 Å². The first-order valence-electron chi connectivity index (χ1n) is 35.3. The van der Waals surface area contributed by atoms with E-state index in [1.54, 1.807) is 0 Å². The van der Waals surface area contributed by atoms with Crippen LogP contribution in [0.4, 0.5) is 0 Å². The number of nitrogens with one attached hydrogen (secondary N) is 4. The van der Waals surface area contributed by atoms with Crippen molar-refractivity contribution in [1.29, 1.82) is 0 Å². The molecule has 0 fully saturated rings. The van der Waals surface area contributed by atoms with Crippen molar-refractivity contribution < 1.29 is 38.1 Å². The molecule has 15 nitrogen and oxygen atoms in total. The molecule has 19 heteroatoms. The topological polar surface area (TPSA) is 163 Å². The Morgan fingerprint density at radius 2 is 0.598 bits per heavy atom. The molecule has 0 rings (SSSR count). The number of carbonyl (C=O) groups excluding carboxylic acids is 4. The lowest BCUT2D eigenvalue weighted by Gasteiger charge is -2.25. The maximum Gasteiger partial charge on any atom is 0.221 e. The first-order valence-corrected chi connectivity index (χ1v) is 39.9. The number of hydrogen-bond acceptors (Lipinski definition) is 15. The summed E-state index contributed by atoms with van der Waals surface area (Å²) in [7, 11) is 2.15. The van der Waals surface area contributed by atoms with Crippen molar-refractivity contribution in [1.82, 2.24) is 36.0 Å². The standard InChI is InChI=1S/C68H137N7O8S4/c1-10-18-22-28-64(17-8)60-83-48-56-87-52-36-72-68(79)32-44-75(43-31-67(78)71-35-51-86-55-47-82-59-63(16-7)27-21-13-4)40-24-38-73(9)37-23-39-74(41-29-65(76)69-33-49-84-53-45-80-57-61(14-5)25-19-11-2)42-30-66(77)70-34-50-85-54-46-81-58-62(15-6)26-20-12-3/h61-64H,10-60H2,1-9H3,(H,69,76)(H,70,77)(H,71,78)(H,72,79). The third-order valence-corrected chi connectivity index (χ3v) is 20.0. The lowest BCUT2D eigenvalue weighted by Crippen LogP contribution is -2.37. The predicted molar refractivity (Wildman–Crippen MR) is 381 cm³/mol. The number of rotatable bonds is 69. The maximum atomic E-state index is 13.1. The Hall–Kier alpha value is -1.000. The van der Waals surface area contributed by atoms with Crippen LogP contribution in [0.15, 0.2) is 0 Å². The van der Waals surface area contributed by atoms with Crippen LogP contribution in [0.5, 0.6) is 0 Å². The summed E-state index contributed by atoms with van der Waals surface area (Å²) >= 11 is 7.28. The molecule has 0 spiro atoms. The third kappa shape index (κ3) is 58.6. The molecule has 0 bridgehead atoms. The van der Waals surface area contributed by atoms with E-state index in [2.05, 4.69) is 98.4 Å². The number of unbranched alkanes of at least 4 members (excludes halogenated alkanes) is 5. The number of carbonyl (C=O) groups is 4. The van der Waals surface area contributed by atoms with Gasteiger partial charge in [0.15, 0.2) is 0 Å². The molecule has 4 N–H and O–H groups in total. The quantitative estimate of drug-likeness (QED) is 0.0425. The van der Waals surface area contributed by atoms with E-state index in [1.807, 2.05) is 47.0 Å². The molecular formula is C68H137N7O8S4. The molecule has 0 aliphatic heterocycles. The molecule has 516 valence electrons. The van der Waals surface area contributed by atoms with Gasteiger partial charge in [-0.2, -0.15) is 47.0 Å². The fourth-order valence-electron chi connectivity index (χ4n) is 10.0. The average molecular weight is 1310 g/mol. The molecule has 4 amide bonds. The number of ether oxygens (including phenoxy) is 4. The molecule has 0 radical (unpaired) electrons. The Kier molecular flexibility index (Phi) is 65.7. The Morgan fingerprint density at radius 3 is 0.851 bits per heavy atom. The molecule has 0 saturated carbocycles. The fourth-order valence-corrected chi connectivity index (χ4v) is 12.8. The lowest BCUT2D eigenvalue weighted by molar-refractivity contribution is -0.123. The Labute approximate surface area is 552 Å². The summed E-state index contributed by atoms with van der Waals surface area (Å²) in [5.74, 6) is 9.92. The first kappa shape index (κ1) is 86.0. The number of thioether (sulfide) groups is 4. The van der Waals surface area contributed by atoms with Crippen LogP contribution in [-0.4, -0.2) is 223 Å². The van der Waals surface area contributed by atoms with Crippen LogP contribution in [0.1, 0.15) is 203 Å². The normalized spacial score (nSPS) is 13.1. The second-order valence-electron chi connectivity index (χ2n) is 23.9. The molecule has 87 heavy (non-hydrogen) atoms. The first-order chi connectivity index (χ1) is 42.5. The van der Waals surface area contributed by atoms with Gasteiger partial charge < -0.3 is 54.9 Å². The van der Waals surface area contributed by atoms with Gasteiger partial charge in [0.1, 0.15) is 0 Å². The van der Waals surface area contributed by atoms with Crippen molar-refractivity contribution in [3.05, 3.63) is 0 Å². The van der Waals surface area contributed by atoms with Gasteiger partial charge in [-0.1, -0.05) is 139 Å². The van der Waals surface area contributed by atoms with E-state index in [0.717, 1.165) is 157 Å². The number of hydrogen-bond donors (Lipinski definition) is 4. The minimum Gasteiger partial charge on any atom is -0.380 e. The molecule has 0 aromatic carbocycles. The van der Waals surface area contributed by atoms with Crippen LogP contribution in [0.2, 0.25) is 0 Å². The summed E-state index contributed by atoms with van der Waals surface area (Å²) in [6.45, 7) is 32.6. The Bertz CT molecular complexity index is 1490. The summed E-state index contributed by atoms with van der Waals surface area (Å²) in [6.07, 6.45) is 24.3. The van der Waals surface area contributed by atoms with Gasteiger partial charge in [0.2, 0.25) is 23.6 Å². The third-order valence-electron chi connectivity index (χ3n) is 16.2. The van der Waals surface area contributed by atoms with Gasteiger partial charge >= 0.3 is 0 Å². The summed E-state index contributed by atoms with van der Waals surface area (Å²) in [4.78, 5) is 59.2. The van der Waals surface area contributed by atoms with E-state index in [1.165, 1.54) is 89.9 Å². The largest absolute Gasteiger partial charge is 0.380 e. The molecule has 0 aromatic heterocycles. The fraction of sp³-hybridized carbons (Fsp3) is 0.941. The van der Waals surface area contributed by atoms with Gasteiger partial charge in [0.25, 0.3) is 0 Å².